The van der Waals surface area contributed by atoms with Crippen LogP contribution < -0.4 is 10.6 Å². The second kappa shape index (κ2) is 6.71. The van der Waals surface area contributed by atoms with E-state index in [4.69, 9.17) is 0 Å². The predicted octanol–water partition coefficient (Wildman–Crippen LogP) is 1.37. The first kappa shape index (κ1) is 14.8. The summed E-state index contributed by atoms with van der Waals surface area (Å²) in [6, 6.07) is 0.474. The molecule has 2 heterocycles. The van der Waals surface area contributed by atoms with Crippen LogP contribution in [0.3, 0.4) is 0 Å². The average Bonchev–Trinajstić information content (AvgIpc) is 2.99. The maximum atomic E-state index is 12.5. The largest absolute Gasteiger partial charge is 0.354 e. The molecule has 2 saturated heterocycles. The molecule has 4 heteroatoms. The van der Waals surface area contributed by atoms with Gasteiger partial charge in [-0.2, -0.15) is 0 Å². The number of carbonyl (C=O) groups is 1. The molecule has 1 atom stereocenters. The van der Waals surface area contributed by atoms with E-state index < -0.39 is 0 Å². The zero-order chi connectivity index (χ0) is 13.7. The smallest absolute Gasteiger partial charge is 0.226 e. The summed E-state index contributed by atoms with van der Waals surface area (Å²) < 4.78 is 0. The Kier molecular flexibility index (Phi) is 5.22. The van der Waals surface area contributed by atoms with Gasteiger partial charge in [-0.25, -0.2) is 0 Å². The molecule has 2 aliphatic rings. The third kappa shape index (κ3) is 3.48. The van der Waals surface area contributed by atoms with Crippen molar-refractivity contribution in [2.45, 2.75) is 52.0 Å². The van der Waals surface area contributed by atoms with Crippen LogP contribution in [0.1, 0.15) is 46.0 Å². The number of hydrogen-bond donors (Lipinski definition) is 2. The second-order valence-electron chi connectivity index (χ2n) is 6.19. The van der Waals surface area contributed by atoms with Crippen molar-refractivity contribution in [3.63, 3.8) is 0 Å². The highest BCUT2D eigenvalue weighted by molar-refractivity contribution is 5.82. The van der Waals surface area contributed by atoms with Gasteiger partial charge in [0.25, 0.3) is 0 Å². The lowest BCUT2D eigenvalue weighted by molar-refractivity contribution is -0.133. The predicted molar refractivity (Wildman–Crippen MR) is 78.1 cm³/mol. The summed E-state index contributed by atoms with van der Waals surface area (Å²) in [6.45, 7) is 9.51. The molecule has 4 nitrogen and oxygen atoms in total. The monoisotopic (exact) mass is 267 g/mol. The number of hydrogen-bond acceptors (Lipinski definition) is 3. The van der Waals surface area contributed by atoms with Crippen LogP contribution in [0.25, 0.3) is 0 Å². The van der Waals surface area contributed by atoms with Crippen LogP contribution in [-0.4, -0.2) is 49.6 Å². The molecule has 0 saturated carbocycles. The molecular weight excluding hydrogens is 238 g/mol. The van der Waals surface area contributed by atoms with E-state index in [1.54, 1.807) is 0 Å². The van der Waals surface area contributed by atoms with Gasteiger partial charge >= 0.3 is 0 Å². The van der Waals surface area contributed by atoms with E-state index in [0.717, 1.165) is 38.9 Å². The van der Waals surface area contributed by atoms with Crippen LogP contribution in [0, 0.1) is 5.41 Å². The molecule has 2 N–H and O–H groups in total. The summed E-state index contributed by atoms with van der Waals surface area (Å²) in [5, 5.41) is 6.56. The highest BCUT2D eigenvalue weighted by Gasteiger charge is 2.37. The Bertz CT molecular complexity index is 294. The van der Waals surface area contributed by atoms with Gasteiger partial charge in [0.1, 0.15) is 0 Å². The van der Waals surface area contributed by atoms with Crippen LogP contribution in [0.15, 0.2) is 0 Å². The Hall–Kier alpha value is -0.610. The first-order chi connectivity index (χ1) is 9.18. The van der Waals surface area contributed by atoms with E-state index in [0.29, 0.717) is 6.04 Å². The second-order valence-corrected chi connectivity index (χ2v) is 6.19. The quantitative estimate of drug-likeness (QED) is 0.791. The van der Waals surface area contributed by atoms with Gasteiger partial charge in [0.15, 0.2) is 0 Å². The van der Waals surface area contributed by atoms with Crippen molar-refractivity contribution < 1.29 is 4.79 Å². The zero-order valence-electron chi connectivity index (χ0n) is 12.5. The SMILES string of the molecule is CCC1(C(=O)NCC(C)N2CCCC2)CCNCC1. The van der Waals surface area contributed by atoms with E-state index in [2.05, 4.69) is 29.4 Å². The topological polar surface area (TPSA) is 44.4 Å². The number of likely N-dealkylation sites (tertiary alicyclic amines) is 1. The molecule has 110 valence electrons. The lowest BCUT2D eigenvalue weighted by Crippen LogP contribution is -2.50. The number of nitrogens with zero attached hydrogens (tertiary/aromatic N) is 1. The van der Waals surface area contributed by atoms with Crippen molar-refractivity contribution in [2.24, 2.45) is 5.41 Å². The molecular formula is C15H29N3O. The molecule has 2 aliphatic heterocycles. The van der Waals surface area contributed by atoms with Crippen LogP contribution in [0.4, 0.5) is 0 Å². The Balaban J connectivity index is 1.81. The fourth-order valence-corrected chi connectivity index (χ4v) is 3.39. The van der Waals surface area contributed by atoms with Gasteiger partial charge in [0, 0.05) is 12.6 Å². The van der Waals surface area contributed by atoms with Crippen molar-refractivity contribution in [1.29, 1.82) is 0 Å². The Labute approximate surface area is 117 Å². The summed E-state index contributed by atoms with van der Waals surface area (Å²) in [5.74, 6) is 0.280. The van der Waals surface area contributed by atoms with Gasteiger partial charge < -0.3 is 10.6 Å². The molecule has 1 unspecified atom stereocenters. The molecule has 0 radical (unpaired) electrons. The van der Waals surface area contributed by atoms with Crippen molar-refractivity contribution in [3.8, 4) is 0 Å². The fraction of sp³-hybridized carbons (Fsp3) is 0.933. The molecule has 0 aliphatic carbocycles. The van der Waals surface area contributed by atoms with Gasteiger partial charge in [0.2, 0.25) is 5.91 Å². The maximum absolute atomic E-state index is 12.5. The van der Waals surface area contributed by atoms with Crippen molar-refractivity contribution in [1.82, 2.24) is 15.5 Å². The van der Waals surface area contributed by atoms with Crippen LogP contribution in [-0.2, 0) is 4.79 Å². The normalized spacial score (nSPS) is 25.2. The van der Waals surface area contributed by atoms with E-state index in [1.807, 2.05) is 0 Å². The Morgan fingerprint density at radius 2 is 1.95 bits per heavy atom. The molecule has 0 aromatic carbocycles. The minimum atomic E-state index is -0.115. The standard InChI is InChI=1S/C15H29N3O/c1-3-15(6-8-16-9-7-15)14(19)17-12-13(2)18-10-4-5-11-18/h13,16H,3-12H2,1-2H3,(H,17,19). The van der Waals surface area contributed by atoms with E-state index >= 15 is 0 Å². The molecule has 1 amide bonds. The first-order valence-electron chi connectivity index (χ1n) is 7.91. The summed E-state index contributed by atoms with van der Waals surface area (Å²) in [6.07, 6.45) is 5.53. The lowest BCUT2D eigenvalue weighted by Gasteiger charge is -2.36. The fourth-order valence-electron chi connectivity index (χ4n) is 3.39. The van der Waals surface area contributed by atoms with Crippen molar-refractivity contribution >= 4 is 5.91 Å². The lowest BCUT2D eigenvalue weighted by atomic mass is 9.76. The van der Waals surface area contributed by atoms with E-state index in [1.165, 1.54) is 25.9 Å². The van der Waals surface area contributed by atoms with Crippen molar-refractivity contribution in [2.75, 3.05) is 32.7 Å². The van der Waals surface area contributed by atoms with E-state index in [-0.39, 0.29) is 11.3 Å². The summed E-state index contributed by atoms with van der Waals surface area (Å²) in [5.41, 5.74) is -0.115. The zero-order valence-corrected chi connectivity index (χ0v) is 12.5. The molecule has 2 fully saturated rings. The minimum Gasteiger partial charge on any atom is -0.354 e. The third-order valence-electron chi connectivity index (χ3n) is 5.04. The number of piperidine rings is 1. The van der Waals surface area contributed by atoms with Crippen LogP contribution >= 0.6 is 0 Å². The number of carbonyl (C=O) groups excluding carboxylic acids is 1. The molecule has 0 bridgehead atoms. The average molecular weight is 267 g/mol. The van der Waals surface area contributed by atoms with Gasteiger partial charge in [-0.3, -0.25) is 9.69 Å². The number of rotatable bonds is 5. The van der Waals surface area contributed by atoms with Gasteiger partial charge in [0.05, 0.1) is 5.41 Å². The third-order valence-corrected chi connectivity index (χ3v) is 5.04. The van der Waals surface area contributed by atoms with Gasteiger partial charge in [-0.1, -0.05) is 6.92 Å². The summed E-state index contributed by atoms with van der Waals surface area (Å²) in [4.78, 5) is 15.0. The maximum Gasteiger partial charge on any atom is 0.226 e. The van der Waals surface area contributed by atoms with Crippen LogP contribution in [0.5, 0.6) is 0 Å². The van der Waals surface area contributed by atoms with Crippen LogP contribution in [0.2, 0.25) is 0 Å². The molecule has 19 heavy (non-hydrogen) atoms. The minimum absolute atomic E-state index is 0.115. The summed E-state index contributed by atoms with van der Waals surface area (Å²) in [7, 11) is 0. The number of nitrogens with one attached hydrogen (secondary N) is 2. The van der Waals surface area contributed by atoms with Gasteiger partial charge in [-0.05, 0) is 65.2 Å². The molecule has 0 aromatic heterocycles. The number of amides is 1. The van der Waals surface area contributed by atoms with Crippen molar-refractivity contribution in [3.05, 3.63) is 0 Å². The molecule has 0 spiro atoms. The van der Waals surface area contributed by atoms with E-state index in [9.17, 15) is 4.79 Å². The molecule has 0 aromatic rings. The first-order valence-corrected chi connectivity index (χ1v) is 7.91. The summed E-state index contributed by atoms with van der Waals surface area (Å²) >= 11 is 0. The molecule has 2 rings (SSSR count). The highest BCUT2D eigenvalue weighted by atomic mass is 16.2. The highest BCUT2D eigenvalue weighted by Crippen LogP contribution is 2.32. The van der Waals surface area contributed by atoms with Gasteiger partial charge in [-0.15, -0.1) is 0 Å². The Morgan fingerprint density at radius 3 is 2.53 bits per heavy atom. The Morgan fingerprint density at radius 1 is 1.32 bits per heavy atom.